The molecular formula is C18H19FN2O3S. The van der Waals surface area contributed by atoms with Gasteiger partial charge in [0.2, 0.25) is 15.9 Å². The molecule has 1 aliphatic rings. The van der Waals surface area contributed by atoms with Gasteiger partial charge in [-0.05, 0) is 61.7 Å². The quantitative estimate of drug-likeness (QED) is 0.828. The van der Waals surface area contributed by atoms with Crippen molar-refractivity contribution in [1.29, 1.82) is 0 Å². The highest BCUT2D eigenvalue weighted by Gasteiger charge is 2.29. The molecule has 3 rings (SSSR count). The van der Waals surface area contributed by atoms with Crippen LogP contribution in [-0.4, -0.2) is 14.3 Å². The molecular weight excluding hydrogens is 343 g/mol. The maximum Gasteiger partial charge on any atom is 0.241 e. The summed E-state index contributed by atoms with van der Waals surface area (Å²) in [5, 5.41) is 2.84. The van der Waals surface area contributed by atoms with Crippen molar-refractivity contribution in [2.24, 2.45) is 5.92 Å². The second-order valence-corrected chi connectivity index (χ2v) is 7.90. The normalized spacial score (nSPS) is 15.6. The highest BCUT2D eigenvalue weighted by molar-refractivity contribution is 7.89. The minimum absolute atomic E-state index is 0.00840. The summed E-state index contributed by atoms with van der Waals surface area (Å²) in [6.45, 7) is 1.72. The van der Waals surface area contributed by atoms with E-state index in [9.17, 15) is 17.6 Å². The van der Waals surface area contributed by atoms with Crippen LogP contribution < -0.4 is 10.0 Å². The van der Waals surface area contributed by atoms with E-state index >= 15 is 0 Å². The van der Waals surface area contributed by atoms with Crippen molar-refractivity contribution >= 4 is 21.6 Å². The Balaban J connectivity index is 1.66. The van der Waals surface area contributed by atoms with E-state index in [1.165, 1.54) is 12.1 Å². The van der Waals surface area contributed by atoms with Crippen LogP contribution in [0.5, 0.6) is 0 Å². The molecule has 1 aliphatic carbocycles. The number of nitrogens with one attached hydrogen (secondary N) is 2. The minimum atomic E-state index is -3.74. The average Bonchev–Trinajstić information content (AvgIpc) is 3.40. The Hall–Kier alpha value is -2.25. The molecule has 1 atom stereocenters. The van der Waals surface area contributed by atoms with Crippen molar-refractivity contribution < 1.29 is 17.6 Å². The second kappa shape index (κ2) is 6.93. The molecule has 25 heavy (non-hydrogen) atoms. The molecule has 7 heteroatoms. The number of amides is 1. The summed E-state index contributed by atoms with van der Waals surface area (Å²) in [6.07, 6.45) is 1.87. The fraction of sp³-hybridized carbons (Fsp3) is 0.278. The smallest absolute Gasteiger partial charge is 0.241 e. The van der Waals surface area contributed by atoms with Crippen molar-refractivity contribution in [2.75, 3.05) is 5.32 Å². The molecule has 0 aliphatic heterocycles. The van der Waals surface area contributed by atoms with Crippen molar-refractivity contribution in [2.45, 2.75) is 30.7 Å². The van der Waals surface area contributed by atoms with E-state index in [-0.39, 0.29) is 16.7 Å². The third-order valence-corrected chi connectivity index (χ3v) is 5.64. The topological polar surface area (TPSA) is 75.3 Å². The van der Waals surface area contributed by atoms with Gasteiger partial charge in [0, 0.05) is 17.6 Å². The van der Waals surface area contributed by atoms with E-state index in [0.717, 1.165) is 30.5 Å². The lowest BCUT2D eigenvalue weighted by Gasteiger charge is -2.15. The van der Waals surface area contributed by atoms with Crippen molar-refractivity contribution in [3.63, 3.8) is 0 Å². The van der Waals surface area contributed by atoms with E-state index < -0.39 is 21.9 Å². The van der Waals surface area contributed by atoms with E-state index in [0.29, 0.717) is 5.69 Å². The molecule has 1 amide bonds. The standard InChI is InChI=1S/C18H19FN2O3S/c1-12(21-25(23,24)17-10-6-15(19)7-11-17)13-4-8-16(9-5-13)20-18(22)14-2-3-14/h4-12,14,21H,2-3H2,1H3,(H,20,22). The Morgan fingerprint density at radius 1 is 1.08 bits per heavy atom. The lowest BCUT2D eigenvalue weighted by molar-refractivity contribution is -0.117. The highest BCUT2D eigenvalue weighted by Crippen LogP contribution is 2.30. The number of anilines is 1. The van der Waals surface area contributed by atoms with Crippen LogP contribution in [0.3, 0.4) is 0 Å². The zero-order chi connectivity index (χ0) is 18.0. The van der Waals surface area contributed by atoms with Gasteiger partial charge >= 0.3 is 0 Å². The molecule has 5 nitrogen and oxygen atoms in total. The largest absolute Gasteiger partial charge is 0.326 e. The molecule has 0 heterocycles. The number of halogens is 1. The van der Waals surface area contributed by atoms with Crippen LogP contribution >= 0.6 is 0 Å². The summed E-state index contributed by atoms with van der Waals surface area (Å²) < 4.78 is 40.2. The Bertz CT molecular complexity index is 860. The maximum atomic E-state index is 12.9. The molecule has 0 radical (unpaired) electrons. The zero-order valence-corrected chi connectivity index (χ0v) is 14.5. The van der Waals surface area contributed by atoms with E-state index in [2.05, 4.69) is 10.0 Å². The Kier molecular flexibility index (Phi) is 4.87. The number of benzene rings is 2. The number of hydrogen-bond acceptors (Lipinski definition) is 3. The molecule has 0 aromatic heterocycles. The van der Waals surface area contributed by atoms with E-state index in [1.54, 1.807) is 31.2 Å². The number of carbonyl (C=O) groups is 1. The van der Waals surface area contributed by atoms with Gasteiger partial charge in [-0.3, -0.25) is 4.79 Å². The fourth-order valence-electron chi connectivity index (χ4n) is 2.43. The lowest BCUT2D eigenvalue weighted by Crippen LogP contribution is -2.26. The summed E-state index contributed by atoms with van der Waals surface area (Å²) in [5.41, 5.74) is 1.45. The highest BCUT2D eigenvalue weighted by atomic mass is 32.2. The van der Waals surface area contributed by atoms with Crippen LogP contribution in [0.15, 0.2) is 53.4 Å². The molecule has 0 bridgehead atoms. The third-order valence-electron chi connectivity index (χ3n) is 4.08. The van der Waals surface area contributed by atoms with Crippen molar-refractivity contribution in [3.05, 3.63) is 59.9 Å². The van der Waals surface area contributed by atoms with Crippen LogP contribution in [-0.2, 0) is 14.8 Å². The molecule has 0 saturated heterocycles. The lowest BCUT2D eigenvalue weighted by atomic mass is 10.1. The Morgan fingerprint density at radius 2 is 1.68 bits per heavy atom. The van der Waals surface area contributed by atoms with Gasteiger partial charge in [-0.2, -0.15) is 0 Å². The van der Waals surface area contributed by atoms with Crippen LogP contribution in [0.4, 0.5) is 10.1 Å². The average molecular weight is 362 g/mol. The first kappa shape index (κ1) is 17.6. The summed E-state index contributed by atoms with van der Waals surface area (Å²) in [7, 11) is -3.74. The predicted molar refractivity (Wildman–Crippen MR) is 92.9 cm³/mol. The predicted octanol–water partition coefficient (Wildman–Crippen LogP) is 3.21. The van der Waals surface area contributed by atoms with E-state index in [1.807, 2.05) is 0 Å². The summed E-state index contributed by atoms with van der Waals surface area (Å²) >= 11 is 0. The molecule has 2 N–H and O–H groups in total. The molecule has 132 valence electrons. The van der Waals surface area contributed by atoms with E-state index in [4.69, 9.17) is 0 Å². The number of hydrogen-bond donors (Lipinski definition) is 2. The van der Waals surface area contributed by atoms with Crippen molar-refractivity contribution in [3.8, 4) is 0 Å². The van der Waals surface area contributed by atoms with Gasteiger partial charge < -0.3 is 5.32 Å². The summed E-state index contributed by atoms with van der Waals surface area (Å²) in [6, 6.07) is 11.2. The Labute approximate surface area is 146 Å². The van der Waals surface area contributed by atoms with Gasteiger partial charge in [0.25, 0.3) is 0 Å². The Morgan fingerprint density at radius 3 is 2.24 bits per heavy atom. The number of rotatable bonds is 6. The molecule has 2 aromatic carbocycles. The van der Waals surface area contributed by atoms with Gasteiger partial charge in [-0.15, -0.1) is 0 Å². The summed E-state index contributed by atoms with van der Waals surface area (Å²) in [5.74, 6) is -0.338. The first-order valence-electron chi connectivity index (χ1n) is 8.04. The number of carbonyl (C=O) groups excluding carboxylic acids is 1. The molecule has 1 saturated carbocycles. The van der Waals surface area contributed by atoms with Gasteiger partial charge in [-0.25, -0.2) is 17.5 Å². The third kappa shape index (κ3) is 4.43. The minimum Gasteiger partial charge on any atom is -0.326 e. The monoisotopic (exact) mass is 362 g/mol. The van der Waals surface area contributed by atoms with Crippen LogP contribution in [0.1, 0.15) is 31.4 Å². The van der Waals surface area contributed by atoms with Crippen molar-refractivity contribution in [1.82, 2.24) is 4.72 Å². The van der Waals surface area contributed by atoms with Crippen LogP contribution in [0.2, 0.25) is 0 Å². The first-order chi connectivity index (χ1) is 11.8. The van der Waals surface area contributed by atoms with Crippen LogP contribution in [0, 0.1) is 11.7 Å². The van der Waals surface area contributed by atoms with Gasteiger partial charge in [0.1, 0.15) is 5.82 Å². The first-order valence-corrected chi connectivity index (χ1v) is 9.52. The zero-order valence-electron chi connectivity index (χ0n) is 13.7. The summed E-state index contributed by atoms with van der Waals surface area (Å²) in [4.78, 5) is 11.7. The number of sulfonamides is 1. The molecule has 0 spiro atoms. The molecule has 1 fully saturated rings. The SMILES string of the molecule is CC(NS(=O)(=O)c1ccc(F)cc1)c1ccc(NC(=O)C2CC2)cc1. The second-order valence-electron chi connectivity index (χ2n) is 6.18. The van der Waals surface area contributed by atoms with Crippen LogP contribution in [0.25, 0.3) is 0 Å². The molecule has 2 aromatic rings. The van der Waals surface area contributed by atoms with Gasteiger partial charge in [0.15, 0.2) is 0 Å². The van der Waals surface area contributed by atoms with Gasteiger partial charge in [0.05, 0.1) is 4.90 Å². The van der Waals surface area contributed by atoms with Gasteiger partial charge in [-0.1, -0.05) is 12.1 Å². The maximum absolute atomic E-state index is 12.9. The fourth-order valence-corrected chi connectivity index (χ4v) is 3.66. The molecule has 1 unspecified atom stereocenters.